The highest BCUT2D eigenvalue weighted by Gasteiger charge is 1.99. The molecule has 6 heteroatoms. The van der Waals surface area contributed by atoms with E-state index in [1.165, 1.54) is 0 Å². The molecule has 0 atom stereocenters. The molecule has 0 amide bonds. The third kappa shape index (κ3) is 3.90. The van der Waals surface area contributed by atoms with Gasteiger partial charge >= 0.3 is 0 Å². The first kappa shape index (κ1) is 11.4. The molecule has 0 spiro atoms. The maximum absolute atomic E-state index is 5.62. The Balaban J connectivity index is 2.87. The summed E-state index contributed by atoms with van der Waals surface area (Å²) in [4.78, 5) is 12.3. The van der Waals surface area contributed by atoms with Crippen LogP contribution < -0.4 is 11.2 Å². The first-order chi connectivity index (χ1) is 6.97. The number of aliphatic imine (C=N–C) groups is 1. The Bertz CT molecular complexity index is 351. The number of hydrogen-bond donors (Lipinski definition) is 2. The van der Waals surface area contributed by atoms with E-state index >= 15 is 0 Å². The zero-order valence-corrected chi connectivity index (χ0v) is 9.44. The predicted molar refractivity (Wildman–Crippen MR) is 59.6 cm³/mol. The third-order valence-corrected chi connectivity index (χ3v) is 1.53. The molecule has 3 N–H and O–H groups in total. The van der Waals surface area contributed by atoms with Gasteiger partial charge in [-0.2, -0.15) is 4.99 Å². The van der Waals surface area contributed by atoms with Crippen LogP contribution in [0.2, 0.25) is 0 Å². The summed E-state index contributed by atoms with van der Waals surface area (Å²) >= 11 is 0. The average molecular weight is 208 g/mol. The highest BCUT2D eigenvalue weighted by atomic mass is 15.5. The van der Waals surface area contributed by atoms with Crippen LogP contribution in [0.15, 0.2) is 11.1 Å². The molecule has 82 valence electrons. The van der Waals surface area contributed by atoms with Crippen LogP contribution in [0.4, 0.5) is 5.95 Å². The smallest absolute Gasteiger partial charge is 0.253 e. The number of guanidine groups is 1. The van der Waals surface area contributed by atoms with Crippen LogP contribution in [-0.2, 0) is 0 Å². The highest BCUT2D eigenvalue weighted by Crippen LogP contribution is 2.06. The molecule has 1 heterocycles. The molecule has 1 rings (SSSR count). The van der Waals surface area contributed by atoms with Crippen LogP contribution in [0.1, 0.15) is 11.4 Å². The zero-order chi connectivity index (χ0) is 11.4. The van der Waals surface area contributed by atoms with E-state index in [2.05, 4.69) is 20.4 Å². The number of aromatic nitrogens is 2. The number of hydrazine groups is 1. The molecule has 0 bridgehead atoms. The van der Waals surface area contributed by atoms with Gasteiger partial charge in [0.2, 0.25) is 5.96 Å². The molecule has 6 nitrogen and oxygen atoms in total. The van der Waals surface area contributed by atoms with Crippen molar-refractivity contribution in [3.05, 3.63) is 17.5 Å². The second-order valence-corrected chi connectivity index (χ2v) is 3.45. The lowest BCUT2D eigenvalue weighted by Gasteiger charge is -2.11. The van der Waals surface area contributed by atoms with E-state index in [0.29, 0.717) is 5.95 Å². The van der Waals surface area contributed by atoms with Crippen LogP contribution in [0.5, 0.6) is 0 Å². The van der Waals surface area contributed by atoms with Gasteiger partial charge in [-0.3, -0.25) is 5.43 Å². The van der Waals surface area contributed by atoms with Gasteiger partial charge in [0.1, 0.15) is 0 Å². The van der Waals surface area contributed by atoms with Crippen molar-refractivity contribution >= 4 is 11.9 Å². The minimum absolute atomic E-state index is 0.269. The molecule has 0 aromatic carbocycles. The van der Waals surface area contributed by atoms with Crippen molar-refractivity contribution in [3.8, 4) is 0 Å². The van der Waals surface area contributed by atoms with E-state index in [1.807, 2.05) is 34.0 Å². The van der Waals surface area contributed by atoms with Gasteiger partial charge in [0.25, 0.3) is 5.95 Å². The number of nitrogens with two attached hydrogens (primary N) is 1. The van der Waals surface area contributed by atoms with Gasteiger partial charge in [-0.1, -0.05) is 0 Å². The summed E-state index contributed by atoms with van der Waals surface area (Å²) in [6.45, 7) is 3.78. The van der Waals surface area contributed by atoms with Crippen LogP contribution >= 0.6 is 0 Å². The van der Waals surface area contributed by atoms with Crippen LogP contribution in [-0.4, -0.2) is 35.0 Å². The maximum atomic E-state index is 5.62. The molecule has 0 aliphatic carbocycles. The Morgan fingerprint density at radius 2 is 1.87 bits per heavy atom. The normalized spacial score (nSPS) is 11.9. The van der Waals surface area contributed by atoms with Crippen molar-refractivity contribution in [1.29, 1.82) is 0 Å². The molecule has 0 aliphatic heterocycles. The summed E-state index contributed by atoms with van der Waals surface area (Å²) < 4.78 is 0. The van der Waals surface area contributed by atoms with E-state index in [-0.39, 0.29) is 5.96 Å². The molecule has 1 aromatic rings. The highest BCUT2D eigenvalue weighted by molar-refractivity contribution is 5.79. The summed E-state index contributed by atoms with van der Waals surface area (Å²) in [6.07, 6.45) is 0. The van der Waals surface area contributed by atoms with Gasteiger partial charge in [-0.05, 0) is 19.9 Å². The van der Waals surface area contributed by atoms with Crippen molar-refractivity contribution in [1.82, 2.24) is 20.4 Å². The number of aryl methyl sites for hydroxylation is 2. The fraction of sp³-hybridized carbons (Fsp3) is 0.444. The Labute approximate surface area is 89.2 Å². The Kier molecular flexibility index (Phi) is 3.56. The largest absolute Gasteiger partial charge is 0.368 e. The summed E-state index contributed by atoms with van der Waals surface area (Å²) in [5.74, 6) is 0.643. The zero-order valence-electron chi connectivity index (χ0n) is 9.44. The minimum atomic E-state index is 0.269. The number of nitrogens with zero attached hydrogens (tertiary/aromatic N) is 4. The molecule has 0 fully saturated rings. The van der Waals surface area contributed by atoms with Gasteiger partial charge in [0, 0.05) is 25.5 Å². The van der Waals surface area contributed by atoms with Crippen LogP contribution in [0, 0.1) is 13.8 Å². The lowest BCUT2D eigenvalue weighted by molar-refractivity contribution is 0.360. The quantitative estimate of drug-likeness (QED) is 0.409. The molecule has 1 aromatic heterocycles. The number of rotatable bonds is 2. The average Bonchev–Trinajstić information content (AvgIpc) is 1.98. The van der Waals surface area contributed by atoms with Crippen molar-refractivity contribution in [2.75, 3.05) is 14.1 Å². The maximum Gasteiger partial charge on any atom is 0.253 e. The van der Waals surface area contributed by atoms with E-state index in [4.69, 9.17) is 5.73 Å². The molecule has 0 saturated heterocycles. The topological polar surface area (TPSA) is 79.4 Å². The third-order valence-electron chi connectivity index (χ3n) is 1.53. The van der Waals surface area contributed by atoms with Gasteiger partial charge in [0.15, 0.2) is 0 Å². The van der Waals surface area contributed by atoms with Gasteiger partial charge in [-0.25, -0.2) is 15.0 Å². The summed E-state index contributed by atoms with van der Waals surface area (Å²) in [6, 6.07) is 1.88. The number of hydrogen-bond acceptors (Lipinski definition) is 4. The lowest BCUT2D eigenvalue weighted by Crippen LogP contribution is -2.41. The second-order valence-electron chi connectivity index (χ2n) is 3.45. The van der Waals surface area contributed by atoms with Crippen LogP contribution in [0.3, 0.4) is 0 Å². The first-order valence-electron chi connectivity index (χ1n) is 4.58. The van der Waals surface area contributed by atoms with Crippen molar-refractivity contribution in [2.24, 2.45) is 10.7 Å². The molecule has 15 heavy (non-hydrogen) atoms. The van der Waals surface area contributed by atoms with E-state index in [0.717, 1.165) is 11.4 Å². The SMILES string of the molecule is Cc1cc(C)nc(N=C(N)NN(C)C)n1. The van der Waals surface area contributed by atoms with Crippen molar-refractivity contribution in [3.63, 3.8) is 0 Å². The van der Waals surface area contributed by atoms with Crippen molar-refractivity contribution < 1.29 is 0 Å². The molecule has 0 radical (unpaired) electrons. The molecule has 0 aliphatic rings. The minimum Gasteiger partial charge on any atom is -0.368 e. The van der Waals surface area contributed by atoms with Gasteiger partial charge in [0.05, 0.1) is 0 Å². The summed E-state index contributed by atoms with van der Waals surface area (Å²) in [5, 5.41) is 1.70. The second kappa shape index (κ2) is 4.70. The van der Waals surface area contributed by atoms with Gasteiger partial charge in [-0.15, -0.1) is 0 Å². The Morgan fingerprint density at radius 1 is 1.33 bits per heavy atom. The standard InChI is InChI=1S/C9H16N6/c1-6-5-7(2)12-9(11-6)13-8(10)14-15(3)4/h5H,1-4H3,(H3,10,11,12,13,14). The van der Waals surface area contributed by atoms with E-state index in [9.17, 15) is 0 Å². The molecular formula is C9H16N6. The molecule has 0 unspecified atom stereocenters. The predicted octanol–water partition coefficient (Wildman–Crippen LogP) is 0.106. The Morgan fingerprint density at radius 3 is 2.33 bits per heavy atom. The lowest BCUT2D eigenvalue weighted by atomic mass is 10.4. The Hall–Kier alpha value is -1.69. The summed E-state index contributed by atoms with van der Waals surface area (Å²) in [7, 11) is 3.65. The van der Waals surface area contributed by atoms with E-state index < -0.39 is 0 Å². The van der Waals surface area contributed by atoms with E-state index in [1.54, 1.807) is 5.01 Å². The first-order valence-corrected chi connectivity index (χ1v) is 4.58. The van der Waals surface area contributed by atoms with Crippen molar-refractivity contribution in [2.45, 2.75) is 13.8 Å². The monoisotopic (exact) mass is 208 g/mol. The van der Waals surface area contributed by atoms with Crippen LogP contribution in [0.25, 0.3) is 0 Å². The number of nitrogens with one attached hydrogen (secondary N) is 1. The molecular weight excluding hydrogens is 192 g/mol. The fourth-order valence-electron chi connectivity index (χ4n) is 1.12. The van der Waals surface area contributed by atoms with Gasteiger partial charge < -0.3 is 5.73 Å². The fourth-order valence-corrected chi connectivity index (χ4v) is 1.12. The summed E-state index contributed by atoms with van der Waals surface area (Å²) in [5.41, 5.74) is 10.2. The molecule has 0 saturated carbocycles.